The van der Waals surface area contributed by atoms with Crippen LogP contribution in [0.3, 0.4) is 0 Å². The summed E-state index contributed by atoms with van der Waals surface area (Å²) in [6, 6.07) is 3.66. The SMILES string of the molecule is OCC#Cc1ccn2cnnc2c1. The topological polar surface area (TPSA) is 50.4 Å². The molecule has 4 nitrogen and oxygen atoms in total. The Balaban J connectivity index is 2.48. The van der Waals surface area contributed by atoms with E-state index in [2.05, 4.69) is 22.0 Å². The molecule has 0 amide bonds. The van der Waals surface area contributed by atoms with Crippen molar-refractivity contribution in [3.8, 4) is 11.8 Å². The highest BCUT2D eigenvalue weighted by Gasteiger charge is 1.94. The molecule has 2 aromatic rings. The molecule has 2 aromatic heterocycles. The number of fused-ring (bicyclic) bond motifs is 1. The van der Waals surface area contributed by atoms with Crippen molar-refractivity contribution in [1.29, 1.82) is 0 Å². The quantitative estimate of drug-likeness (QED) is 0.574. The molecule has 0 fully saturated rings. The zero-order valence-corrected chi connectivity index (χ0v) is 6.81. The van der Waals surface area contributed by atoms with Crippen molar-refractivity contribution in [3.63, 3.8) is 0 Å². The van der Waals surface area contributed by atoms with E-state index in [0.29, 0.717) is 0 Å². The molecule has 0 atom stereocenters. The second-order valence-electron chi connectivity index (χ2n) is 2.47. The Bertz CT molecular complexity index is 478. The van der Waals surface area contributed by atoms with E-state index in [4.69, 9.17) is 5.11 Å². The molecule has 0 unspecified atom stereocenters. The van der Waals surface area contributed by atoms with E-state index >= 15 is 0 Å². The lowest BCUT2D eigenvalue weighted by Gasteiger charge is -1.91. The van der Waals surface area contributed by atoms with Crippen molar-refractivity contribution in [2.45, 2.75) is 0 Å². The molecule has 64 valence electrons. The lowest BCUT2D eigenvalue weighted by molar-refractivity contribution is 0.350. The first-order chi connectivity index (χ1) is 6.40. The summed E-state index contributed by atoms with van der Waals surface area (Å²) in [4.78, 5) is 0. The number of nitrogens with zero attached hydrogens (tertiary/aromatic N) is 3. The fraction of sp³-hybridized carbons (Fsp3) is 0.111. The van der Waals surface area contributed by atoms with Crippen molar-refractivity contribution in [1.82, 2.24) is 14.6 Å². The van der Waals surface area contributed by atoms with Gasteiger partial charge in [0, 0.05) is 11.8 Å². The van der Waals surface area contributed by atoms with Gasteiger partial charge in [0.1, 0.15) is 12.9 Å². The average molecular weight is 173 g/mol. The van der Waals surface area contributed by atoms with Gasteiger partial charge in [-0.3, -0.25) is 4.40 Å². The van der Waals surface area contributed by atoms with Crippen LogP contribution in [0.15, 0.2) is 24.7 Å². The molecule has 2 heterocycles. The van der Waals surface area contributed by atoms with E-state index in [9.17, 15) is 0 Å². The molecule has 1 N–H and O–H groups in total. The molecule has 0 aliphatic heterocycles. The molecule has 0 aliphatic carbocycles. The molecule has 4 heteroatoms. The van der Waals surface area contributed by atoms with Crippen molar-refractivity contribution in [3.05, 3.63) is 30.2 Å². The number of pyridine rings is 1. The highest BCUT2D eigenvalue weighted by molar-refractivity contribution is 5.46. The predicted octanol–water partition coefficient (Wildman–Crippen LogP) is 0.0731. The van der Waals surface area contributed by atoms with E-state index in [1.165, 1.54) is 0 Å². The molecule has 0 saturated carbocycles. The summed E-state index contributed by atoms with van der Waals surface area (Å²) in [7, 11) is 0. The van der Waals surface area contributed by atoms with E-state index in [1.54, 1.807) is 10.7 Å². The fourth-order valence-corrected chi connectivity index (χ4v) is 1.04. The monoisotopic (exact) mass is 173 g/mol. The number of aromatic nitrogens is 3. The van der Waals surface area contributed by atoms with Crippen LogP contribution in [0.1, 0.15) is 5.56 Å². The molecule has 0 radical (unpaired) electrons. The van der Waals surface area contributed by atoms with E-state index < -0.39 is 0 Å². The summed E-state index contributed by atoms with van der Waals surface area (Å²) in [5.74, 6) is 5.36. The third-order valence-corrected chi connectivity index (χ3v) is 1.61. The third-order valence-electron chi connectivity index (χ3n) is 1.61. The van der Waals surface area contributed by atoms with Crippen LogP contribution >= 0.6 is 0 Å². The first-order valence-corrected chi connectivity index (χ1v) is 3.79. The second kappa shape index (κ2) is 3.25. The standard InChI is InChI=1S/C9H7N3O/c13-5-1-2-8-3-4-12-7-10-11-9(12)6-8/h3-4,6-7,13H,5H2. The Hall–Kier alpha value is -1.86. The van der Waals surface area contributed by atoms with Crippen molar-refractivity contribution in [2.24, 2.45) is 0 Å². The summed E-state index contributed by atoms with van der Waals surface area (Å²) in [5, 5.41) is 16.1. The minimum atomic E-state index is -0.127. The summed E-state index contributed by atoms with van der Waals surface area (Å²) in [6.07, 6.45) is 3.45. The molecular formula is C9H7N3O. The Kier molecular flexibility index (Phi) is 1.94. The van der Waals surface area contributed by atoms with Crippen LogP contribution in [-0.4, -0.2) is 26.3 Å². The molecule has 0 saturated heterocycles. The Labute approximate surface area is 74.8 Å². The van der Waals surface area contributed by atoms with E-state index in [0.717, 1.165) is 11.2 Å². The average Bonchev–Trinajstić information content (AvgIpc) is 2.61. The summed E-state index contributed by atoms with van der Waals surface area (Å²) in [6.45, 7) is -0.127. The maximum atomic E-state index is 8.49. The fourth-order valence-electron chi connectivity index (χ4n) is 1.04. The van der Waals surface area contributed by atoms with Crippen molar-refractivity contribution in [2.75, 3.05) is 6.61 Å². The Morgan fingerprint density at radius 2 is 2.46 bits per heavy atom. The molecule has 0 aromatic carbocycles. The van der Waals surface area contributed by atoms with Crippen LogP contribution in [-0.2, 0) is 0 Å². The van der Waals surface area contributed by atoms with E-state index in [1.807, 2.05) is 18.3 Å². The van der Waals surface area contributed by atoms with Gasteiger partial charge in [0.05, 0.1) is 0 Å². The summed E-state index contributed by atoms with van der Waals surface area (Å²) < 4.78 is 1.80. The van der Waals surface area contributed by atoms with Crippen molar-refractivity contribution >= 4 is 5.65 Å². The second-order valence-corrected chi connectivity index (χ2v) is 2.47. The molecule has 0 bridgehead atoms. The normalized spacial score (nSPS) is 9.62. The van der Waals surface area contributed by atoms with Gasteiger partial charge < -0.3 is 5.11 Å². The minimum absolute atomic E-state index is 0.127. The van der Waals surface area contributed by atoms with Gasteiger partial charge in [-0.2, -0.15) is 0 Å². The molecule has 13 heavy (non-hydrogen) atoms. The van der Waals surface area contributed by atoms with Gasteiger partial charge in [-0.15, -0.1) is 10.2 Å². The van der Waals surface area contributed by atoms with Crippen LogP contribution in [0.25, 0.3) is 5.65 Å². The van der Waals surface area contributed by atoms with Gasteiger partial charge in [-0.25, -0.2) is 0 Å². The van der Waals surface area contributed by atoms with Crippen LogP contribution in [0.4, 0.5) is 0 Å². The zero-order valence-electron chi connectivity index (χ0n) is 6.81. The molecule has 0 spiro atoms. The number of aliphatic hydroxyl groups is 1. The van der Waals surface area contributed by atoms with Gasteiger partial charge in [-0.1, -0.05) is 11.8 Å². The third kappa shape index (κ3) is 1.50. The maximum Gasteiger partial charge on any atom is 0.161 e. The smallest absolute Gasteiger partial charge is 0.161 e. The summed E-state index contributed by atoms with van der Waals surface area (Å²) >= 11 is 0. The maximum absolute atomic E-state index is 8.49. The van der Waals surface area contributed by atoms with Gasteiger partial charge in [-0.05, 0) is 12.1 Å². The van der Waals surface area contributed by atoms with Crippen LogP contribution < -0.4 is 0 Å². The highest BCUT2D eigenvalue weighted by Crippen LogP contribution is 2.02. The number of hydrogen-bond acceptors (Lipinski definition) is 3. The summed E-state index contributed by atoms with van der Waals surface area (Å²) in [5.41, 5.74) is 1.58. The lowest BCUT2D eigenvalue weighted by atomic mass is 10.3. The van der Waals surface area contributed by atoms with Crippen LogP contribution in [0.5, 0.6) is 0 Å². The van der Waals surface area contributed by atoms with Gasteiger partial charge in [0.25, 0.3) is 0 Å². The minimum Gasteiger partial charge on any atom is -0.384 e. The number of rotatable bonds is 0. The largest absolute Gasteiger partial charge is 0.384 e. The van der Waals surface area contributed by atoms with E-state index in [-0.39, 0.29) is 6.61 Å². The Morgan fingerprint density at radius 3 is 3.31 bits per heavy atom. The number of hydrogen-bond donors (Lipinski definition) is 1. The lowest BCUT2D eigenvalue weighted by Crippen LogP contribution is -1.84. The zero-order chi connectivity index (χ0) is 9.10. The molecular weight excluding hydrogens is 166 g/mol. The Morgan fingerprint density at radius 1 is 1.54 bits per heavy atom. The molecule has 2 rings (SSSR count). The van der Waals surface area contributed by atoms with Gasteiger partial charge in [0.2, 0.25) is 0 Å². The highest BCUT2D eigenvalue weighted by atomic mass is 16.2. The molecule has 0 aliphatic rings. The number of aliphatic hydroxyl groups excluding tert-OH is 1. The predicted molar refractivity (Wildman–Crippen MR) is 47.0 cm³/mol. The van der Waals surface area contributed by atoms with Crippen LogP contribution in [0.2, 0.25) is 0 Å². The first kappa shape index (κ1) is 7.77. The van der Waals surface area contributed by atoms with Crippen molar-refractivity contribution < 1.29 is 5.11 Å². The first-order valence-electron chi connectivity index (χ1n) is 3.79. The van der Waals surface area contributed by atoms with Crippen LogP contribution in [0, 0.1) is 11.8 Å². The van der Waals surface area contributed by atoms with Gasteiger partial charge >= 0.3 is 0 Å². The van der Waals surface area contributed by atoms with Gasteiger partial charge in [0.15, 0.2) is 5.65 Å².